The van der Waals surface area contributed by atoms with Crippen LogP contribution in [0.2, 0.25) is 0 Å². The third-order valence-electron chi connectivity index (χ3n) is 4.52. The van der Waals surface area contributed by atoms with Crippen molar-refractivity contribution in [1.82, 2.24) is 10.3 Å². The molecule has 31 heavy (non-hydrogen) atoms. The lowest BCUT2D eigenvalue weighted by molar-refractivity contribution is -0.142. The fourth-order valence-electron chi connectivity index (χ4n) is 3.26. The van der Waals surface area contributed by atoms with Crippen LogP contribution in [0.1, 0.15) is 42.2 Å². The van der Waals surface area contributed by atoms with Crippen LogP contribution >= 0.6 is 0 Å². The molecule has 0 spiro atoms. The monoisotopic (exact) mass is 474 g/mol. The summed E-state index contributed by atoms with van der Waals surface area (Å²) in [5.74, 6) is 0. The van der Waals surface area contributed by atoms with E-state index in [0.717, 1.165) is 18.9 Å². The second kappa shape index (κ2) is 9.27. The Hall–Kier alpha value is -1.96. The number of hydrogen-bond acceptors (Lipinski definition) is 5. The van der Waals surface area contributed by atoms with Crippen LogP contribution in [-0.2, 0) is 22.5 Å². The molecule has 13 heteroatoms. The van der Waals surface area contributed by atoms with Crippen molar-refractivity contribution in [1.29, 1.82) is 0 Å². The van der Waals surface area contributed by atoms with E-state index in [4.69, 9.17) is 4.55 Å². The number of alkyl halides is 6. The number of pyridine rings is 1. The molecule has 1 saturated heterocycles. The minimum atomic E-state index is -4.93. The lowest BCUT2D eigenvalue weighted by Crippen LogP contribution is -2.39. The van der Waals surface area contributed by atoms with Crippen molar-refractivity contribution in [2.45, 2.75) is 43.8 Å². The molecule has 0 bridgehead atoms. The normalized spacial score (nSPS) is 18.9. The smallest absolute Gasteiger partial charge is 0.387 e. The summed E-state index contributed by atoms with van der Waals surface area (Å²) in [5.41, 5.74) is -3.72. The topological polar surface area (TPSA) is 99.5 Å². The summed E-state index contributed by atoms with van der Waals surface area (Å²) >= 11 is 0. The van der Waals surface area contributed by atoms with E-state index in [0.29, 0.717) is 31.4 Å². The summed E-state index contributed by atoms with van der Waals surface area (Å²) in [6.45, 7) is 0.588. The molecule has 1 aliphatic rings. The number of para-hydroxylation sites is 1. The highest BCUT2D eigenvalue weighted by atomic mass is 32.2. The van der Waals surface area contributed by atoms with Gasteiger partial charge in [-0.3, -0.25) is 4.55 Å². The highest BCUT2D eigenvalue weighted by molar-refractivity contribution is 7.85. The lowest BCUT2D eigenvalue weighted by atomic mass is 9.91. The minimum absolute atomic E-state index is 0.132. The average Bonchev–Trinajstić information content (AvgIpc) is 2.64. The van der Waals surface area contributed by atoms with Crippen LogP contribution in [0.5, 0.6) is 0 Å². The molecule has 0 saturated carbocycles. The first-order chi connectivity index (χ1) is 14.1. The third kappa shape index (κ3) is 7.02. The molecule has 3 rings (SSSR count). The molecule has 2 aromatic rings. The molecule has 0 aliphatic carbocycles. The molecule has 2 heterocycles. The maximum Gasteiger partial charge on any atom is 0.433 e. The molecule has 0 unspecified atom stereocenters. The maximum atomic E-state index is 13.2. The third-order valence-corrected chi connectivity index (χ3v) is 4.52. The summed E-state index contributed by atoms with van der Waals surface area (Å²) in [6.07, 6.45) is -8.28. The van der Waals surface area contributed by atoms with E-state index in [2.05, 4.69) is 10.3 Å². The molecule has 1 aromatic heterocycles. The lowest BCUT2D eigenvalue weighted by Gasteiger charge is -2.29. The second-order valence-corrected chi connectivity index (χ2v) is 8.49. The van der Waals surface area contributed by atoms with Gasteiger partial charge in [0.2, 0.25) is 0 Å². The molecule has 0 radical (unpaired) electrons. The zero-order valence-corrected chi connectivity index (χ0v) is 16.9. The van der Waals surface area contributed by atoms with Crippen molar-refractivity contribution in [3.63, 3.8) is 0 Å². The van der Waals surface area contributed by atoms with E-state index in [-0.39, 0.29) is 10.9 Å². The molecule has 6 nitrogen and oxygen atoms in total. The van der Waals surface area contributed by atoms with E-state index >= 15 is 0 Å². The zero-order chi connectivity index (χ0) is 23.6. The summed E-state index contributed by atoms with van der Waals surface area (Å²) in [4.78, 5) is 3.22. The first-order valence-electron chi connectivity index (χ1n) is 9.01. The van der Waals surface area contributed by atoms with Crippen molar-refractivity contribution in [2.75, 3.05) is 12.8 Å². The van der Waals surface area contributed by atoms with Crippen molar-refractivity contribution < 1.29 is 44.4 Å². The number of aliphatic hydroxyl groups excluding tert-OH is 1. The van der Waals surface area contributed by atoms with Crippen molar-refractivity contribution in [3.8, 4) is 0 Å². The van der Waals surface area contributed by atoms with Crippen molar-refractivity contribution >= 4 is 21.0 Å². The Balaban J connectivity index is 0.000000614. The Morgan fingerprint density at radius 3 is 2.23 bits per heavy atom. The van der Waals surface area contributed by atoms with Crippen LogP contribution in [0, 0.1) is 0 Å². The van der Waals surface area contributed by atoms with Gasteiger partial charge in [0.1, 0.15) is 5.69 Å². The van der Waals surface area contributed by atoms with Crippen LogP contribution in [0.15, 0.2) is 24.3 Å². The van der Waals surface area contributed by atoms with Crippen LogP contribution in [0.4, 0.5) is 26.3 Å². The zero-order valence-electron chi connectivity index (χ0n) is 16.1. The number of fused-ring (bicyclic) bond motifs is 1. The Morgan fingerprint density at radius 2 is 1.74 bits per heavy atom. The van der Waals surface area contributed by atoms with Gasteiger partial charge in [-0.2, -0.15) is 34.8 Å². The Kier molecular flexibility index (Phi) is 7.56. The Morgan fingerprint density at radius 1 is 1.13 bits per heavy atom. The van der Waals surface area contributed by atoms with E-state index in [9.17, 15) is 39.9 Å². The predicted molar refractivity (Wildman–Crippen MR) is 99.8 cm³/mol. The number of nitrogens with zero attached hydrogens (tertiary/aromatic N) is 1. The summed E-state index contributed by atoms with van der Waals surface area (Å²) in [7, 11) is -3.67. The van der Waals surface area contributed by atoms with Crippen LogP contribution in [0.3, 0.4) is 0 Å². The second-order valence-electron chi connectivity index (χ2n) is 7.03. The van der Waals surface area contributed by atoms with Gasteiger partial charge in [0, 0.05) is 11.4 Å². The molecule has 1 aromatic carbocycles. The Bertz CT molecular complexity index is 1010. The molecule has 0 amide bonds. The van der Waals surface area contributed by atoms with Gasteiger partial charge in [-0.15, -0.1) is 0 Å². The average molecular weight is 474 g/mol. The SMILES string of the molecule is CS(=O)(=O)O.O[C@@H](c1cc(C(F)(F)F)nc2c(C(F)(F)F)cccc12)[C@H]1CCCCN1. The first kappa shape index (κ1) is 25.3. The van der Waals surface area contributed by atoms with Crippen LogP contribution in [-0.4, -0.2) is 41.9 Å². The minimum Gasteiger partial charge on any atom is -0.387 e. The fourth-order valence-corrected chi connectivity index (χ4v) is 3.26. The van der Waals surface area contributed by atoms with Gasteiger partial charge in [0.25, 0.3) is 10.1 Å². The number of aliphatic hydroxyl groups is 1. The van der Waals surface area contributed by atoms with E-state index in [1.54, 1.807) is 0 Å². The van der Waals surface area contributed by atoms with Crippen molar-refractivity contribution in [2.24, 2.45) is 0 Å². The van der Waals surface area contributed by atoms with Crippen LogP contribution < -0.4 is 5.32 Å². The number of benzene rings is 1. The molecule has 3 N–H and O–H groups in total. The quantitative estimate of drug-likeness (QED) is 0.450. The standard InChI is InChI=1S/C17H16F6N2O.CH4O3S/c18-16(19,20)11-5-3-4-9-10(15(26)12-6-1-2-7-24-12)8-13(17(21,22)23)25-14(9)11;1-5(2,3)4/h3-5,8,12,15,24,26H,1-2,6-7H2;1H3,(H,2,3,4)/t12-,15+;/m1./s1. The number of piperidine rings is 1. The number of halogens is 6. The van der Waals surface area contributed by atoms with Crippen molar-refractivity contribution in [3.05, 3.63) is 41.1 Å². The molecular weight excluding hydrogens is 454 g/mol. The summed E-state index contributed by atoms with van der Waals surface area (Å²) in [5, 5.41) is 13.5. The largest absolute Gasteiger partial charge is 0.433 e. The summed E-state index contributed by atoms with van der Waals surface area (Å²) < 4.78 is 105. The summed E-state index contributed by atoms with van der Waals surface area (Å²) in [6, 6.07) is 3.16. The predicted octanol–water partition coefficient (Wildman–Crippen LogP) is 3.95. The molecule has 1 fully saturated rings. The van der Waals surface area contributed by atoms with Gasteiger partial charge in [-0.05, 0) is 37.1 Å². The highest BCUT2D eigenvalue weighted by Crippen LogP contribution is 2.39. The van der Waals surface area contributed by atoms with Gasteiger partial charge in [-0.1, -0.05) is 18.6 Å². The van der Waals surface area contributed by atoms with E-state index in [1.807, 2.05) is 0 Å². The maximum absolute atomic E-state index is 13.2. The van der Waals surface area contributed by atoms with Gasteiger partial charge in [0.05, 0.1) is 23.4 Å². The van der Waals surface area contributed by atoms with Gasteiger partial charge >= 0.3 is 12.4 Å². The number of nitrogens with one attached hydrogen (secondary N) is 1. The fraction of sp³-hybridized carbons (Fsp3) is 0.500. The van der Waals surface area contributed by atoms with E-state index < -0.39 is 51.4 Å². The first-order valence-corrected chi connectivity index (χ1v) is 10.9. The van der Waals surface area contributed by atoms with Gasteiger partial charge in [-0.25, -0.2) is 4.98 Å². The Labute approximate surface area is 174 Å². The van der Waals surface area contributed by atoms with Gasteiger partial charge in [0.15, 0.2) is 0 Å². The highest BCUT2D eigenvalue weighted by Gasteiger charge is 2.38. The number of rotatable bonds is 2. The molecular formula is C18H20F6N2O4S. The van der Waals surface area contributed by atoms with Gasteiger partial charge < -0.3 is 10.4 Å². The molecule has 1 aliphatic heterocycles. The number of hydrogen-bond donors (Lipinski definition) is 3. The molecule has 2 atom stereocenters. The molecule has 174 valence electrons. The van der Waals surface area contributed by atoms with E-state index in [1.165, 1.54) is 6.07 Å². The van der Waals surface area contributed by atoms with Crippen LogP contribution in [0.25, 0.3) is 10.9 Å². The number of aromatic nitrogens is 1.